The minimum atomic E-state index is -0.219. The standard InChI is InChI=1S/C20H20N4O2.ClH/c25-20(18-12-17(23-24-18)14-4-2-1-3-5-14)22-16-8-6-15(7-9-16)19-13-21-10-11-26-19;/h1-9,12,19,21H,10-11,13H2,(H,22,25)(H,23,24);1H/t19-;/m1./s1. The van der Waals surface area contributed by atoms with Gasteiger partial charge in [0, 0.05) is 24.3 Å². The number of carbonyl (C=O) groups is 1. The number of nitrogens with zero attached hydrogens (tertiary/aromatic N) is 1. The first-order valence-electron chi connectivity index (χ1n) is 8.64. The van der Waals surface area contributed by atoms with E-state index in [9.17, 15) is 4.79 Å². The molecule has 0 spiro atoms. The summed E-state index contributed by atoms with van der Waals surface area (Å²) in [6, 6.07) is 19.2. The minimum Gasteiger partial charge on any atom is -0.371 e. The quantitative estimate of drug-likeness (QED) is 0.644. The highest BCUT2D eigenvalue weighted by atomic mass is 35.5. The molecule has 2 heterocycles. The van der Waals surface area contributed by atoms with Crippen LogP contribution in [-0.2, 0) is 4.74 Å². The molecule has 1 aliphatic heterocycles. The summed E-state index contributed by atoms with van der Waals surface area (Å²) in [6.07, 6.45) is 0.0644. The monoisotopic (exact) mass is 384 g/mol. The lowest BCUT2D eigenvalue weighted by Gasteiger charge is -2.24. The van der Waals surface area contributed by atoms with Gasteiger partial charge in [0.25, 0.3) is 5.91 Å². The molecule has 4 rings (SSSR count). The number of anilines is 1. The van der Waals surface area contributed by atoms with Gasteiger partial charge in [-0.3, -0.25) is 9.89 Å². The van der Waals surface area contributed by atoms with Gasteiger partial charge in [0.15, 0.2) is 0 Å². The van der Waals surface area contributed by atoms with E-state index in [1.165, 1.54) is 0 Å². The van der Waals surface area contributed by atoms with E-state index in [-0.39, 0.29) is 24.4 Å². The second kappa shape index (κ2) is 8.81. The molecule has 1 fully saturated rings. The normalized spacial score (nSPS) is 16.4. The molecule has 1 saturated heterocycles. The Morgan fingerprint density at radius 1 is 1.11 bits per heavy atom. The molecule has 0 unspecified atom stereocenters. The number of H-pyrrole nitrogens is 1. The van der Waals surface area contributed by atoms with Crippen LogP contribution in [0.25, 0.3) is 11.3 Å². The number of halogens is 1. The number of aromatic amines is 1. The third kappa shape index (κ3) is 4.54. The lowest BCUT2D eigenvalue weighted by Crippen LogP contribution is -2.33. The number of nitrogens with one attached hydrogen (secondary N) is 3. The Labute approximate surface area is 163 Å². The third-order valence-electron chi connectivity index (χ3n) is 4.36. The molecule has 0 radical (unpaired) electrons. The van der Waals surface area contributed by atoms with Crippen molar-refractivity contribution in [3.8, 4) is 11.3 Å². The van der Waals surface area contributed by atoms with Crippen LogP contribution in [0, 0.1) is 0 Å². The highest BCUT2D eigenvalue weighted by Gasteiger charge is 2.16. The highest BCUT2D eigenvalue weighted by molar-refractivity contribution is 6.03. The predicted molar refractivity (Wildman–Crippen MR) is 107 cm³/mol. The van der Waals surface area contributed by atoms with Gasteiger partial charge in [0.1, 0.15) is 5.69 Å². The van der Waals surface area contributed by atoms with Crippen LogP contribution in [0.2, 0.25) is 0 Å². The van der Waals surface area contributed by atoms with Crippen molar-refractivity contribution in [2.24, 2.45) is 0 Å². The Balaban J connectivity index is 0.00000210. The molecule has 1 aliphatic rings. The molecular formula is C20H21ClN4O2. The molecule has 1 atom stereocenters. The fourth-order valence-corrected chi connectivity index (χ4v) is 2.95. The van der Waals surface area contributed by atoms with E-state index in [0.717, 1.165) is 35.6 Å². The van der Waals surface area contributed by atoms with Crippen molar-refractivity contribution in [1.82, 2.24) is 15.5 Å². The van der Waals surface area contributed by atoms with Gasteiger partial charge >= 0.3 is 0 Å². The fraction of sp³-hybridized carbons (Fsp3) is 0.200. The molecule has 3 N–H and O–H groups in total. The molecule has 140 valence electrons. The summed E-state index contributed by atoms with van der Waals surface area (Å²) in [4.78, 5) is 12.4. The molecule has 7 heteroatoms. The molecule has 3 aromatic rings. The third-order valence-corrected chi connectivity index (χ3v) is 4.36. The Hall–Kier alpha value is -2.67. The average molecular weight is 385 g/mol. The van der Waals surface area contributed by atoms with Gasteiger partial charge in [-0.15, -0.1) is 12.4 Å². The minimum absolute atomic E-state index is 0. The number of rotatable bonds is 4. The van der Waals surface area contributed by atoms with Crippen LogP contribution in [0.3, 0.4) is 0 Å². The number of benzene rings is 2. The topological polar surface area (TPSA) is 79.0 Å². The van der Waals surface area contributed by atoms with Crippen LogP contribution >= 0.6 is 12.4 Å². The van der Waals surface area contributed by atoms with E-state index in [1.54, 1.807) is 6.07 Å². The second-order valence-corrected chi connectivity index (χ2v) is 6.17. The summed E-state index contributed by atoms with van der Waals surface area (Å²) in [7, 11) is 0. The number of morpholine rings is 1. The van der Waals surface area contributed by atoms with Crippen molar-refractivity contribution in [3.63, 3.8) is 0 Å². The summed E-state index contributed by atoms with van der Waals surface area (Å²) >= 11 is 0. The van der Waals surface area contributed by atoms with E-state index in [2.05, 4.69) is 20.8 Å². The van der Waals surface area contributed by atoms with Crippen LogP contribution in [0.4, 0.5) is 5.69 Å². The molecule has 2 aromatic carbocycles. The highest BCUT2D eigenvalue weighted by Crippen LogP contribution is 2.21. The van der Waals surface area contributed by atoms with Gasteiger partial charge in [-0.1, -0.05) is 42.5 Å². The first-order valence-corrected chi connectivity index (χ1v) is 8.64. The Bertz CT molecular complexity index is 875. The first-order chi connectivity index (χ1) is 12.8. The van der Waals surface area contributed by atoms with Crippen molar-refractivity contribution in [2.45, 2.75) is 6.10 Å². The zero-order chi connectivity index (χ0) is 17.8. The Morgan fingerprint density at radius 2 is 1.89 bits per heavy atom. The number of hydrogen-bond donors (Lipinski definition) is 3. The lowest BCUT2D eigenvalue weighted by molar-refractivity contribution is 0.0277. The summed E-state index contributed by atoms with van der Waals surface area (Å²) in [5, 5.41) is 13.2. The maximum atomic E-state index is 12.4. The average Bonchev–Trinajstić information content (AvgIpc) is 3.20. The zero-order valence-corrected chi connectivity index (χ0v) is 15.5. The molecule has 0 saturated carbocycles. The molecule has 0 bridgehead atoms. The van der Waals surface area contributed by atoms with Gasteiger partial charge in [-0.25, -0.2) is 0 Å². The van der Waals surface area contributed by atoms with Crippen molar-refractivity contribution < 1.29 is 9.53 Å². The number of ether oxygens (including phenoxy) is 1. The summed E-state index contributed by atoms with van der Waals surface area (Å²) < 4.78 is 5.74. The van der Waals surface area contributed by atoms with E-state index in [1.807, 2.05) is 54.6 Å². The molecular weight excluding hydrogens is 364 g/mol. The van der Waals surface area contributed by atoms with Gasteiger partial charge in [0.05, 0.1) is 18.4 Å². The summed E-state index contributed by atoms with van der Waals surface area (Å²) in [5.41, 5.74) is 3.97. The molecule has 6 nitrogen and oxygen atoms in total. The maximum absolute atomic E-state index is 12.4. The number of carbonyl (C=O) groups excluding carboxylic acids is 1. The zero-order valence-electron chi connectivity index (χ0n) is 14.6. The van der Waals surface area contributed by atoms with E-state index >= 15 is 0 Å². The van der Waals surface area contributed by atoms with Crippen LogP contribution < -0.4 is 10.6 Å². The van der Waals surface area contributed by atoms with Gasteiger partial charge < -0.3 is 15.4 Å². The van der Waals surface area contributed by atoms with Crippen LogP contribution in [0.5, 0.6) is 0 Å². The fourth-order valence-electron chi connectivity index (χ4n) is 2.95. The van der Waals surface area contributed by atoms with Gasteiger partial charge in [-0.05, 0) is 23.8 Å². The van der Waals surface area contributed by atoms with Crippen LogP contribution in [-0.4, -0.2) is 35.8 Å². The van der Waals surface area contributed by atoms with E-state index in [0.29, 0.717) is 12.3 Å². The summed E-state index contributed by atoms with van der Waals surface area (Å²) in [5.74, 6) is -0.219. The first kappa shape index (κ1) is 19.1. The SMILES string of the molecule is Cl.O=C(Nc1ccc([C@H]2CNCCO2)cc1)c1cc(-c2ccccc2)n[nH]1. The van der Waals surface area contributed by atoms with E-state index < -0.39 is 0 Å². The van der Waals surface area contributed by atoms with Crippen molar-refractivity contribution in [2.75, 3.05) is 25.0 Å². The summed E-state index contributed by atoms with van der Waals surface area (Å²) in [6.45, 7) is 2.41. The number of hydrogen-bond acceptors (Lipinski definition) is 4. The number of aromatic nitrogens is 2. The molecule has 27 heavy (non-hydrogen) atoms. The van der Waals surface area contributed by atoms with Crippen molar-refractivity contribution >= 4 is 24.0 Å². The van der Waals surface area contributed by atoms with Crippen molar-refractivity contribution in [1.29, 1.82) is 0 Å². The molecule has 1 aromatic heterocycles. The molecule has 1 amide bonds. The van der Waals surface area contributed by atoms with Crippen LogP contribution in [0.15, 0.2) is 60.7 Å². The Morgan fingerprint density at radius 3 is 2.59 bits per heavy atom. The maximum Gasteiger partial charge on any atom is 0.273 e. The largest absolute Gasteiger partial charge is 0.371 e. The van der Waals surface area contributed by atoms with Gasteiger partial charge in [-0.2, -0.15) is 5.10 Å². The Kier molecular flexibility index (Phi) is 6.24. The smallest absolute Gasteiger partial charge is 0.273 e. The lowest BCUT2D eigenvalue weighted by atomic mass is 10.1. The molecule has 0 aliphatic carbocycles. The van der Waals surface area contributed by atoms with Crippen molar-refractivity contribution in [3.05, 3.63) is 71.9 Å². The second-order valence-electron chi connectivity index (χ2n) is 6.17. The van der Waals surface area contributed by atoms with Gasteiger partial charge in [0.2, 0.25) is 0 Å². The number of amides is 1. The van der Waals surface area contributed by atoms with E-state index in [4.69, 9.17) is 4.74 Å². The van der Waals surface area contributed by atoms with Crippen LogP contribution in [0.1, 0.15) is 22.2 Å². The predicted octanol–water partition coefficient (Wildman–Crippen LogP) is 3.41.